The second-order valence-corrected chi connectivity index (χ2v) is 18.9. The molecule has 292 valence electrons. The van der Waals surface area contributed by atoms with E-state index in [4.69, 9.17) is 19.3 Å². The van der Waals surface area contributed by atoms with Crippen molar-refractivity contribution in [1.29, 1.82) is 0 Å². The number of carboxylic acids is 1. The number of ether oxygens (including phenoxy) is 3. The highest BCUT2D eigenvalue weighted by molar-refractivity contribution is 5.70. The minimum Gasteiger partial charge on any atom is -0.491 e. The summed E-state index contributed by atoms with van der Waals surface area (Å²) in [7, 11) is 0. The molecule has 0 aromatic carbocycles. The van der Waals surface area contributed by atoms with Crippen LogP contribution in [0, 0.1) is 82.9 Å². The number of allylic oxidation sites excluding steroid dienone is 3. The van der Waals surface area contributed by atoms with Crippen molar-refractivity contribution in [1.82, 2.24) is 0 Å². The zero-order chi connectivity index (χ0) is 37.9. The Morgan fingerprint density at radius 2 is 0.981 bits per heavy atom. The van der Waals surface area contributed by atoms with Crippen molar-refractivity contribution in [3.63, 3.8) is 0 Å². The van der Waals surface area contributed by atoms with Gasteiger partial charge in [0.1, 0.15) is 35.6 Å². The molecule has 53 heavy (non-hydrogen) atoms. The van der Waals surface area contributed by atoms with Crippen LogP contribution in [0.1, 0.15) is 90.9 Å². The van der Waals surface area contributed by atoms with E-state index in [1.54, 1.807) is 6.08 Å². The van der Waals surface area contributed by atoms with Gasteiger partial charge in [-0.2, -0.15) is 0 Å². The van der Waals surface area contributed by atoms with E-state index in [9.17, 15) is 15.0 Å². The summed E-state index contributed by atoms with van der Waals surface area (Å²) < 4.78 is 17.8. The Balaban J connectivity index is 0.000000123. The molecule has 9 aliphatic carbocycles. The highest BCUT2D eigenvalue weighted by Gasteiger charge is 2.59. The van der Waals surface area contributed by atoms with Crippen LogP contribution in [0.25, 0.3) is 0 Å². The molecule has 0 aliphatic heterocycles. The molecular formula is C46H66O7. The third-order valence-electron chi connectivity index (χ3n) is 16.0. The number of carboxylic acid groups (broad SMARTS) is 1. The molecule has 6 bridgehead atoms. The molecule has 3 N–H and O–H groups in total. The SMILES string of the molecule is C=C(C)C(=C)OC1CC2CC1C1CC(CO)CC21.C=C(C)C(=C)OC1CC2CC1C1CC(O)CC21.C=CC(=C)OC1CC2CC1C1CC(C(=O)O)CC21. The van der Waals surface area contributed by atoms with Gasteiger partial charge in [0.05, 0.1) is 12.0 Å². The van der Waals surface area contributed by atoms with Gasteiger partial charge in [0.15, 0.2) is 0 Å². The van der Waals surface area contributed by atoms with Crippen LogP contribution in [-0.4, -0.2) is 52.3 Å². The van der Waals surface area contributed by atoms with E-state index in [1.165, 1.54) is 38.5 Å². The molecular weight excluding hydrogens is 664 g/mol. The molecule has 18 unspecified atom stereocenters. The molecule has 0 saturated heterocycles. The van der Waals surface area contributed by atoms with Crippen molar-refractivity contribution in [2.45, 2.75) is 115 Å². The Bertz CT molecular complexity index is 1480. The molecule has 9 saturated carbocycles. The first kappa shape index (κ1) is 38.5. The summed E-state index contributed by atoms with van der Waals surface area (Å²) in [6, 6.07) is 0. The van der Waals surface area contributed by atoms with Crippen LogP contribution in [0.15, 0.2) is 74.0 Å². The quantitative estimate of drug-likeness (QED) is 0.144. The third-order valence-corrected chi connectivity index (χ3v) is 16.0. The first-order chi connectivity index (χ1) is 25.3. The largest absolute Gasteiger partial charge is 0.491 e. The van der Waals surface area contributed by atoms with Crippen LogP contribution < -0.4 is 0 Å². The van der Waals surface area contributed by atoms with Gasteiger partial charge in [0.25, 0.3) is 0 Å². The summed E-state index contributed by atoms with van der Waals surface area (Å²) in [6.07, 6.45) is 16.0. The number of hydrogen-bond donors (Lipinski definition) is 3. The second kappa shape index (κ2) is 15.4. The van der Waals surface area contributed by atoms with E-state index < -0.39 is 5.97 Å². The maximum atomic E-state index is 11.1. The Hall–Kier alpha value is -2.77. The highest BCUT2D eigenvalue weighted by atomic mass is 16.5. The van der Waals surface area contributed by atoms with E-state index in [0.29, 0.717) is 71.9 Å². The van der Waals surface area contributed by atoms with E-state index in [1.807, 2.05) is 13.8 Å². The van der Waals surface area contributed by atoms with Crippen LogP contribution in [0.4, 0.5) is 0 Å². The predicted octanol–water partition coefficient (Wildman–Crippen LogP) is 8.86. The van der Waals surface area contributed by atoms with Crippen LogP contribution in [-0.2, 0) is 19.0 Å². The van der Waals surface area contributed by atoms with E-state index in [-0.39, 0.29) is 18.1 Å². The van der Waals surface area contributed by atoms with Gasteiger partial charge in [0.2, 0.25) is 0 Å². The summed E-state index contributed by atoms with van der Waals surface area (Å²) in [4.78, 5) is 11.1. The first-order valence-electron chi connectivity index (χ1n) is 20.8. The maximum Gasteiger partial charge on any atom is 0.306 e. The van der Waals surface area contributed by atoms with E-state index >= 15 is 0 Å². The fourth-order valence-electron chi connectivity index (χ4n) is 13.7. The third kappa shape index (κ3) is 7.47. The normalized spacial score (nSPS) is 45.5. The molecule has 7 nitrogen and oxygen atoms in total. The van der Waals surface area contributed by atoms with Crippen molar-refractivity contribution >= 4 is 5.97 Å². The fraction of sp³-hybridized carbons (Fsp3) is 0.717. The number of aliphatic hydroxyl groups is 2. The highest BCUT2D eigenvalue weighted by Crippen LogP contribution is 2.63. The number of hydrogen-bond acceptors (Lipinski definition) is 6. The van der Waals surface area contributed by atoms with Gasteiger partial charge in [-0.15, -0.1) is 0 Å². The van der Waals surface area contributed by atoms with Gasteiger partial charge in [-0.05, 0) is 185 Å². The lowest BCUT2D eigenvalue weighted by molar-refractivity contribution is -0.141. The van der Waals surface area contributed by atoms with Crippen molar-refractivity contribution in [3.05, 3.63) is 74.0 Å². The Morgan fingerprint density at radius 1 is 0.585 bits per heavy atom. The average Bonchev–Trinajstić information content (AvgIpc) is 3.95. The Labute approximate surface area is 318 Å². The summed E-state index contributed by atoms with van der Waals surface area (Å²) in [5.41, 5.74) is 1.87. The molecule has 0 spiro atoms. The van der Waals surface area contributed by atoms with Crippen molar-refractivity contribution < 1.29 is 34.3 Å². The molecule has 7 heteroatoms. The summed E-state index contributed by atoms with van der Waals surface area (Å²) in [5.74, 6) is 10.5. The monoisotopic (exact) mass is 730 g/mol. The minimum absolute atomic E-state index is 0.0570. The number of carbonyl (C=O) groups is 1. The van der Waals surface area contributed by atoms with Gasteiger partial charge < -0.3 is 29.5 Å². The molecule has 9 rings (SSSR count). The fourth-order valence-corrected chi connectivity index (χ4v) is 13.7. The van der Waals surface area contributed by atoms with Crippen LogP contribution in [0.3, 0.4) is 0 Å². The topological polar surface area (TPSA) is 105 Å². The first-order valence-corrected chi connectivity index (χ1v) is 20.8. The number of rotatable bonds is 11. The Morgan fingerprint density at radius 3 is 1.45 bits per heavy atom. The lowest BCUT2D eigenvalue weighted by Gasteiger charge is -2.32. The van der Waals surface area contributed by atoms with Crippen LogP contribution in [0.2, 0.25) is 0 Å². The van der Waals surface area contributed by atoms with Crippen LogP contribution >= 0.6 is 0 Å². The maximum absolute atomic E-state index is 11.1. The Kier molecular flexibility index (Phi) is 11.2. The number of aliphatic hydroxyl groups excluding tert-OH is 2. The lowest BCUT2D eigenvalue weighted by Crippen LogP contribution is -2.30. The van der Waals surface area contributed by atoms with Gasteiger partial charge in [-0.1, -0.05) is 39.5 Å². The van der Waals surface area contributed by atoms with Crippen molar-refractivity contribution in [3.8, 4) is 0 Å². The number of aliphatic carboxylic acids is 1. The molecule has 0 aromatic heterocycles. The number of fused-ring (bicyclic) bond motifs is 15. The summed E-state index contributed by atoms with van der Waals surface area (Å²) in [5, 5.41) is 28.3. The minimum atomic E-state index is -0.614. The molecule has 9 fully saturated rings. The van der Waals surface area contributed by atoms with Gasteiger partial charge in [-0.25, -0.2) is 0 Å². The molecule has 0 aromatic rings. The average molecular weight is 731 g/mol. The zero-order valence-electron chi connectivity index (χ0n) is 32.4. The second-order valence-electron chi connectivity index (χ2n) is 18.9. The smallest absolute Gasteiger partial charge is 0.306 e. The summed E-state index contributed by atoms with van der Waals surface area (Å²) in [6.45, 7) is 27.4. The van der Waals surface area contributed by atoms with Gasteiger partial charge in [-0.3, -0.25) is 4.79 Å². The predicted molar refractivity (Wildman–Crippen MR) is 207 cm³/mol. The summed E-state index contributed by atoms with van der Waals surface area (Å²) >= 11 is 0. The van der Waals surface area contributed by atoms with Crippen molar-refractivity contribution in [2.24, 2.45) is 82.9 Å². The zero-order valence-corrected chi connectivity index (χ0v) is 32.4. The molecule has 0 radical (unpaired) electrons. The molecule has 18 atom stereocenters. The van der Waals surface area contributed by atoms with Crippen LogP contribution in [0.5, 0.6) is 0 Å². The van der Waals surface area contributed by atoms with E-state index in [0.717, 1.165) is 90.8 Å². The lowest BCUT2D eigenvalue weighted by atomic mass is 9.80. The standard InChI is InChI=1S/C16H24O2.C15H20O3.C15H22O2/c1-9(2)10(3)18-16-7-12-6-15(16)14-5-11(8-17)4-13(12)14;1-3-8(2)18-14-7-9-4-13(14)12-6-10(15(16)17)5-11(9)12;1-8(2)9(3)17-15-5-10-4-14(15)13-7-11(16)6-12(10)13/h11-17H,1,3-8H2,2H3;3,9-14H,1-2,4-7H2,(H,16,17);10-16H,1,3-7H2,2H3. The van der Waals surface area contributed by atoms with E-state index in [2.05, 4.69) is 39.5 Å². The van der Waals surface area contributed by atoms with Gasteiger partial charge >= 0.3 is 5.97 Å². The molecule has 0 amide bonds. The molecule has 9 aliphatic rings. The molecule has 0 heterocycles. The van der Waals surface area contributed by atoms with Gasteiger partial charge in [0, 0.05) is 6.61 Å². The van der Waals surface area contributed by atoms with Crippen molar-refractivity contribution in [2.75, 3.05) is 6.61 Å².